The topological polar surface area (TPSA) is 116 Å². The van der Waals surface area contributed by atoms with Gasteiger partial charge < -0.3 is 15.7 Å². The first-order valence-electron chi connectivity index (χ1n) is 3.19. The maximum Gasteiger partial charge on any atom is 0.345 e. The maximum absolute atomic E-state index is 11.0. The number of rotatable bonds is 0. The number of imidazole rings is 1. The number of amidine groups is 1. The van der Waals surface area contributed by atoms with Crippen LogP contribution in [0.2, 0.25) is 0 Å². The first kappa shape index (κ1) is 8.26. The average Bonchev–Trinajstić information content (AvgIpc) is 2.27. The molecule has 1 aromatic rings. The monoisotopic (exact) mass is 219 g/mol. The van der Waals surface area contributed by atoms with Crippen LogP contribution in [-0.4, -0.2) is 24.2 Å². The molecule has 1 aliphatic rings. The summed E-state index contributed by atoms with van der Waals surface area (Å²) in [4.78, 5) is 5.25. The minimum Gasteiger partial charge on any atom is -0.381 e. The van der Waals surface area contributed by atoms with Crippen LogP contribution in [0.15, 0.2) is 4.40 Å². The van der Waals surface area contributed by atoms with E-state index in [0.29, 0.717) is 5.69 Å². The molecule has 0 bridgehead atoms. The van der Waals surface area contributed by atoms with E-state index in [0.717, 1.165) is 0 Å². The van der Waals surface area contributed by atoms with Crippen molar-refractivity contribution in [3.8, 4) is 0 Å². The Kier molecular flexibility index (Phi) is 1.48. The van der Waals surface area contributed by atoms with Crippen molar-refractivity contribution >= 4 is 34.1 Å². The van der Waals surface area contributed by atoms with Gasteiger partial charge in [0.05, 0.1) is 0 Å². The lowest BCUT2D eigenvalue weighted by Gasteiger charge is -2.09. The lowest BCUT2D eigenvalue weighted by molar-refractivity contribution is 0.602. The highest BCUT2D eigenvalue weighted by Crippen LogP contribution is 2.17. The molecule has 2 rings (SSSR count). The predicted molar refractivity (Wildman–Crippen MR) is 49.2 cm³/mol. The third-order valence-electron chi connectivity index (χ3n) is 1.43. The van der Waals surface area contributed by atoms with E-state index in [-0.39, 0.29) is 16.4 Å². The fourth-order valence-electron chi connectivity index (χ4n) is 0.979. The van der Waals surface area contributed by atoms with Gasteiger partial charge in [-0.15, -0.1) is 4.40 Å². The van der Waals surface area contributed by atoms with E-state index in [4.69, 9.17) is 18.0 Å². The second-order valence-electron chi connectivity index (χ2n) is 2.38. The van der Waals surface area contributed by atoms with E-state index >= 15 is 0 Å². The minimum absolute atomic E-state index is 0.110. The van der Waals surface area contributed by atoms with Gasteiger partial charge in [0.15, 0.2) is 10.6 Å². The largest absolute Gasteiger partial charge is 0.381 e. The van der Waals surface area contributed by atoms with Crippen LogP contribution in [-0.2, 0) is 10.2 Å². The summed E-state index contributed by atoms with van der Waals surface area (Å²) >= 11 is 4.75. The minimum atomic E-state index is -3.72. The molecule has 0 radical (unpaired) electrons. The van der Waals surface area contributed by atoms with Crippen LogP contribution in [0.3, 0.4) is 0 Å². The molecule has 1 aliphatic heterocycles. The Morgan fingerprint density at radius 3 is 2.77 bits per heavy atom. The van der Waals surface area contributed by atoms with Gasteiger partial charge in [0.1, 0.15) is 11.5 Å². The van der Waals surface area contributed by atoms with Gasteiger partial charge in [-0.3, -0.25) is 0 Å². The number of nitrogens with one attached hydrogen (secondary N) is 3. The third kappa shape index (κ3) is 1.31. The van der Waals surface area contributed by atoms with Crippen molar-refractivity contribution < 1.29 is 8.42 Å². The summed E-state index contributed by atoms with van der Waals surface area (Å²) in [6.07, 6.45) is 0. The number of nitrogens with two attached hydrogens (primary N) is 1. The molecule has 5 N–H and O–H groups in total. The number of aromatic amines is 2. The van der Waals surface area contributed by atoms with Gasteiger partial charge in [0.2, 0.25) is 0 Å². The van der Waals surface area contributed by atoms with E-state index in [1.807, 2.05) is 0 Å². The molecule has 0 aliphatic carbocycles. The number of anilines is 1. The van der Waals surface area contributed by atoms with Crippen molar-refractivity contribution in [3.05, 3.63) is 10.5 Å². The molecule has 0 unspecified atom stereocenters. The van der Waals surface area contributed by atoms with Crippen LogP contribution in [0.4, 0.5) is 5.82 Å². The Bertz CT molecular complexity index is 535. The average molecular weight is 219 g/mol. The lowest BCUT2D eigenvalue weighted by Crippen LogP contribution is -2.26. The van der Waals surface area contributed by atoms with Crippen molar-refractivity contribution in [1.82, 2.24) is 9.97 Å². The Balaban J connectivity index is 2.73. The van der Waals surface area contributed by atoms with E-state index < -0.39 is 10.2 Å². The van der Waals surface area contributed by atoms with Crippen molar-refractivity contribution in [2.24, 2.45) is 10.1 Å². The summed E-state index contributed by atoms with van der Waals surface area (Å²) in [6, 6.07) is 0. The SMILES string of the molecule is NC1=NS(=O)(=O)Nc2[nH]c(=S)[nH]c21. The van der Waals surface area contributed by atoms with Gasteiger partial charge in [-0.05, 0) is 12.2 Å². The van der Waals surface area contributed by atoms with Crippen LogP contribution >= 0.6 is 12.2 Å². The normalized spacial score (nSPS) is 18.6. The predicted octanol–water partition coefficient (Wildman–Crippen LogP) is -0.552. The maximum atomic E-state index is 11.0. The fourth-order valence-corrected chi connectivity index (χ4v) is 1.99. The van der Waals surface area contributed by atoms with Gasteiger partial charge >= 0.3 is 10.2 Å². The second-order valence-corrected chi connectivity index (χ2v) is 4.13. The number of hydrogen-bond donors (Lipinski definition) is 4. The molecule has 7 nitrogen and oxygen atoms in total. The van der Waals surface area contributed by atoms with Crippen molar-refractivity contribution in [2.45, 2.75) is 0 Å². The van der Waals surface area contributed by atoms with Crippen LogP contribution in [0, 0.1) is 4.77 Å². The Morgan fingerprint density at radius 1 is 1.38 bits per heavy atom. The summed E-state index contributed by atoms with van der Waals surface area (Å²) < 4.78 is 27.6. The lowest BCUT2D eigenvalue weighted by atomic mass is 10.4. The number of aromatic nitrogens is 2. The van der Waals surface area contributed by atoms with Crippen LogP contribution in [0.1, 0.15) is 5.69 Å². The summed E-state index contributed by atoms with van der Waals surface area (Å²) in [5.41, 5.74) is 5.73. The number of hydrogen-bond acceptors (Lipinski definition) is 4. The molecule has 1 aromatic heterocycles. The van der Waals surface area contributed by atoms with E-state index in [1.54, 1.807) is 0 Å². The Labute approximate surface area is 78.3 Å². The van der Waals surface area contributed by atoms with Crippen LogP contribution in [0.25, 0.3) is 0 Å². The van der Waals surface area contributed by atoms with Gasteiger partial charge in [0.25, 0.3) is 0 Å². The molecule has 13 heavy (non-hydrogen) atoms. The molecular formula is C4H5N5O2S2. The highest BCUT2D eigenvalue weighted by Gasteiger charge is 2.22. The number of nitrogens with zero attached hydrogens (tertiary/aromatic N) is 1. The van der Waals surface area contributed by atoms with Gasteiger partial charge in [0, 0.05) is 0 Å². The summed E-state index contributed by atoms with van der Waals surface area (Å²) in [5, 5.41) is 0. The van der Waals surface area contributed by atoms with E-state index in [1.165, 1.54) is 0 Å². The summed E-state index contributed by atoms with van der Waals surface area (Å²) in [5.74, 6) is 0.110. The summed E-state index contributed by atoms with van der Waals surface area (Å²) in [6.45, 7) is 0. The molecule has 0 saturated heterocycles. The second kappa shape index (κ2) is 2.33. The zero-order chi connectivity index (χ0) is 9.64. The zero-order valence-corrected chi connectivity index (χ0v) is 7.79. The molecule has 0 atom stereocenters. The van der Waals surface area contributed by atoms with Crippen molar-refractivity contribution in [1.29, 1.82) is 0 Å². The molecule has 0 amide bonds. The Hall–Kier alpha value is -1.35. The van der Waals surface area contributed by atoms with Gasteiger partial charge in [-0.25, -0.2) is 4.72 Å². The van der Waals surface area contributed by atoms with Crippen LogP contribution in [0.5, 0.6) is 0 Å². The fraction of sp³-hybridized carbons (Fsp3) is 0. The molecular weight excluding hydrogens is 214 g/mol. The molecule has 0 saturated carbocycles. The quantitative estimate of drug-likeness (QED) is 0.438. The van der Waals surface area contributed by atoms with Gasteiger partial charge in [-0.1, -0.05) is 0 Å². The smallest absolute Gasteiger partial charge is 0.345 e. The first-order valence-corrected chi connectivity index (χ1v) is 5.03. The number of fused-ring (bicyclic) bond motifs is 1. The summed E-state index contributed by atoms with van der Waals surface area (Å²) in [7, 11) is -3.72. The van der Waals surface area contributed by atoms with Crippen LogP contribution < -0.4 is 10.5 Å². The molecule has 70 valence electrons. The molecule has 0 fully saturated rings. The molecule has 9 heteroatoms. The highest BCUT2D eigenvalue weighted by molar-refractivity contribution is 7.91. The van der Waals surface area contributed by atoms with E-state index in [9.17, 15) is 8.42 Å². The van der Waals surface area contributed by atoms with E-state index in [2.05, 4.69) is 19.1 Å². The van der Waals surface area contributed by atoms with Crippen molar-refractivity contribution in [2.75, 3.05) is 4.72 Å². The molecule has 0 spiro atoms. The first-order chi connectivity index (χ1) is 5.98. The standard InChI is InChI=1S/C4H5N5O2S2/c5-2-1-3(7-4(12)6-1)9-13(10,11)8-2/h9H,(H2,5,8)(H2,6,7,12). The van der Waals surface area contributed by atoms with Crippen molar-refractivity contribution in [3.63, 3.8) is 0 Å². The third-order valence-corrected chi connectivity index (χ3v) is 2.54. The van der Waals surface area contributed by atoms with Gasteiger partial charge in [-0.2, -0.15) is 8.42 Å². The number of H-pyrrole nitrogens is 2. The zero-order valence-electron chi connectivity index (χ0n) is 6.16. The highest BCUT2D eigenvalue weighted by atomic mass is 32.2. The Morgan fingerprint density at radius 2 is 2.08 bits per heavy atom. The molecule has 0 aromatic carbocycles. The molecule has 2 heterocycles.